The molecule has 2 aromatic heterocycles. The van der Waals surface area contributed by atoms with Crippen LogP contribution in [-0.4, -0.2) is 24.9 Å². The molecule has 126 valence electrons. The zero-order valence-electron chi connectivity index (χ0n) is 13.8. The smallest absolute Gasteiger partial charge is 0.141 e. The van der Waals surface area contributed by atoms with Crippen LogP contribution in [0, 0.1) is 0 Å². The Labute approximate surface area is 148 Å². The summed E-state index contributed by atoms with van der Waals surface area (Å²) in [5.41, 5.74) is 3.14. The standard InChI is InChI=1S/C20H15N5O/c1-2-4-18-15(3-1)7-8-21-9-10-22-11-12-26-16-5-6-19-17(13-16)20(25-18)24-14-23-19/h1-14H,(H,23,24,25). The van der Waals surface area contributed by atoms with Crippen molar-refractivity contribution in [3.63, 3.8) is 0 Å². The Hall–Kier alpha value is -3.80. The highest BCUT2D eigenvalue weighted by atomic mass is 16.3. The van der Waals surface area contributed by atoms with Crippen molar-refractivity contribution in [2.75, 3.05) is 0 Å². The van der Waals surface area contributed by atoms with Crippen LogP contribution >= 0.6 is 0 Å². The van der Waals surface area contributed by atoms with Crippen molar-refractivity contribution in [1.82, 2.24) is 24.9 Å². The van der Waals surface area contributed by atoms with Crippen molar-refractivity contribution in [2.24, 2.45) is 0 Å². The zero-order chi connectivity index (χ0) is 17.6. The quantitative estimate of drug-likeness (QED) is 0.511. The maximum Gasteiger partial charge on any atom is 0.141 e. The fourth-order valence-electron chi connectivity index (χ4n) is 2.54. The molecule has 0 atom stereocenters. The van der Waals surface area contributed by atoms with Crippen LogP contribution in [-0.2, 0) is 0 Å². The van der Waals surface area contributed by atoms with E-state index < -0.39 is 0 Å². The highest BCUT2D eigenvalue weighted by molar-refractivity contribution is 5.94. The molecule has 6 heteroatoms. The minimum Gasteiger partial charge on any atom is -0.463 e. The van der Waals surface area contributed by atoms with Crippen LogP contribution in [0.4, 0.5) is 0 Å². The molecule has 2 aromatic carbocycles. The van der Waals surface area contributed by atoms with Crippen molar-refractivity contribution in [3.05, 3.63) is 85.9 Å². The minimum absolute atomic E-state index is 0.677. The van der Waals surface area contributed by atoms with E-state index in [4.69, 9.17) is 4.42 Å². The number of nitrogens with one attached hydrogen (secondary N) is 1. The summed E-state index contributed by atoms with van der Waals surface area (Å²) in [6.45, 7) is 0. The average Bonchev–Trinajstić information content (AvgIpc) is 2.67. The summed E-state index contributed by atoms with van der Waals surface area (Å²) in [7, 11) is 0. The Morgan fingerprint density at radius 3 is 2.65 bits per heavy atom. The number of H-pyrrole nitrogens is 1. The molecule has 0 amide bonds. The maximum absolute atomic E-state index is 5.60. The predicted octanol–water partition coefficient (Wildman–Crippen LogP) is 4.46. The number of nitrogens with zero attached hydrogens (tertiary/aromatic N) is 4. The third kappa shape index (κ3) is 3.49. The van der Waals surface area contributed by atoms with Crippen LogP contribution in [0.5, 0.6) is 0 Å². The molecule has 6 nitrogen and oxygen atoms in total. The molecule has 0 aliphatic rings. The van der Waals surface area contributed by atoms with Gasteiger partial charge in [-0.05, 0) is 35.7 Å². The number of hydrogen-bond acceptors (Lipinski definition) is 5. The monoisotopic (exact) mass is 341 g/mol. The summed E-state index contributed by atoms with van der Waals surface area (Å²) in [6.07, 6.45) is 9.53. The lowest BCUT2D eigenvalue weighted by atomic mass is 10.2. The van der Waals surface area contributed by atoms with E-state index in [1.807, 2.05) is 48.5 Å². The average molecular weight is 341 g/mol. The van der Waals surface area contributed by atoms with Gasteiger partial charge in [0.25, 0.3) is 0 Å². The Bertz CT molecular complexity index is 1210. The molecule has 0 saturated heterocycles. The van der Waals surface area contributed by atoms with E-state index in [-0.39, 0.29) is 0 Å². The van der Waals surface area contributed by atoms with Crippen molar-refractivity contribution in [3.8, 4) is 0 Å². The molecule has 0 unspecified atom stereocenters. The second-order valence-corrected chi connectivity index (χ2v) is 5.43. The van der Waals surface area contributed by atoms with E-state index in [9.17, 15) is 0 Å². The maximum atomic E-state index is 5.60. The molecular formula is C20H15N5O. The van der Waals surface area contributed by atoms with E-state index in [1.54, 1.807) is 31.1 Å². The molecule has 0 radical (unpaired) electrons. The first kappa shape index (κ1) is 15.7. The van der Waals surface area contributed by atoms with Crippen LogP contribution in [0.15, 0.2) is 90.3 Å². The zero-order valence-corrected chi connectivity index (χ0v) is 13.8. The van der Waals surface area contributed by atoms with Gasteiger partial charge in [0.15, 0.2) is 0 Å². The summed E-state index contributed by atoms with van der Waals surface area (Å²) < 4.78 is 5.60. The number of rotatable bonds is 0. The first-order chi connectivity index (χ1) is 12.9. The molecular weight excluding hydrogens is 326 g/mol. The van der Waals surface area contributed by atoms with E-state index in [0.717, 1.165) is 21.8 Å². The summed E-state index contributed by atoms with van der Waals surface area (Å²) in [5.74, 6) is 0. The predicted molar refractivity (Wildman–Crippen MR) is 101 cm³/mol. The largest absolute Gasteiger partial charge is 0.463 e. The summed E-state index contributed by atoms with van der Waals surface area (Å²) in [5, 5.41) is 1.86. The van der Waals surface area contributed by atoms with Gasteiger partial charge in [-0.2, -0.15) is 0 Å². The molecule has 4 aromatic rings. The number of benzene rings is 2. The van der Waals surface area contributed by atoms with Gasteiger partial charge in [0.2, 0.25) is 0 Å². The van der Waals surface area contributed by atoms with Gasteiger partial charge in [-0.25, -0.2) is 9.97 Å². The number of hydrogen-bond donors (Lipinski definition) is 1. The fourth-order valence-corrected chi connectivity index (χ4v) is 2.54. The van der Waals surface area contributed by atoms with Gasteiger partial charge in [0.1, 0.15) is 23.8 Å². The van der Waals surface area contributed by atoms with Gasteiger partial charge < -0.3 is 9.40 Å². The van der Waals surface area contributed by atoms with Gasteiger partial charge >= 0.3 is 0 Å². The van der Waals surface area contributed by atoms with Crippen molar-refractivity contribution >= 4 is 33.0 Å². The van der Waals surface area contributed by atoms with Gasteiger partial charge in [-0.3, -0.25) is 9.97 Å². The second-order valence-electron chi connectivity index (χ2n) is 5.43. The van der Waals surface area contributed by atoms with Gasteiger partial charge in [0, 0.05) is 29.5 Å². The second kappa shape index (κ2) is 7.40. The highest BCUT2D eigenvalue weighted by Crippen LogP contribution is 2.17. The van der Waals surface area contributed by atoms with Crippen LogP contribution in [0.3, 0.4) is 0 Å². The summed E-state index contributed by atoms with van der Waals surface area (Å²) in [4.78, 5) is 20.4. The van der Waals surface area contributed by atoms with E-state index in [0.29, 0.717) is 11.2 Å². The van der Waals surface area contributed by atoms with Crippen molar-refractivity contribution in [1.29, 1.82) is 0 Å². The van der Waals surface area contributed by atoms with E-state index >= 15 is 0 Å². The molecule has 4 rings (SSSR count). The van der Waals surface area contributed by atoms with Gasteiger partial charge in [-0.15, -0.1) is 0 Å². The molecule has 0 aliphatic carbocycles. The number of aromatic amines is 1. The molecule has 0 aliphatic heterocycles. The first-order valence-corrected chi connectivity index (χ1v) is 8.04. The van der Waals surface area contributed by atoms with E-state index in [1.165, 1.54) is 6.26 Å². The van der Waals surface area contributed by atoms with Gasteiger partial charge in [-0.1, -0.05) is 18.2 Å². The third-order valence-corrected chi connectivity index (χ3v) is 3.75. The van der Waals surface area contributed by atoms with Crippen molar-refractivity contribution in [2.45, 2.75) is 0 Å². The normalized spacial score (nSPS) is 10.3. The molecule has 0 spiro atoms. The number of para-hydroxylation sites is 1. The fraction of sp³-hybridized carbons (Fsp3) is 0. The Morgan fingerprint density at radius 1 is 0.808 bits per heavy atom. The summed E-state index contributed by atoms with van der Waals surface area (Å²) in [6, 6.07) is 15.5. The van der Waals surface area contributed by atoms with Crippen LogP contribution in [0.25, 0.3) is 33.0 Å². The van der Waals surface area contributed by atoms with Crippen LogP contribution in [0.2, 0.25) is 0 Å². The Balaban J connectivity index is 2.14. The van der Waals surface area contributed by atoms with E-state index in [2.05, 4.69) is 24.9 Å². The lowest BCUT2D eigenvalue weighted by Crippen LogP contribution is -1.86. The molecule has 2 heterocycles. The molecule has 0 saturated carbocycles. The first-order valence-electron chi connectivity index (χ1n) is 8.04. The SMILES string of the molecule is c1ccc2[nH]c3ncnc4ccc(cc43)occnccnccc2c1. The molecule has 26 heavy (non-hydrogen) atoms. The summed E-state index contributed by atoms with van der Waals surface area (Å²) >= 11 is 0. The molecule has 2 bridgehead atoms. The highest BCUT2D eigenvalue weighted by Gasteiger charge is 1.99. The number of fused-ring (bicyclic) bond motifs is 2. The Morgan fingerprint density at radius 2 is 1.69 bits per heavy atom. The lowest BCUT2D eigenvalue weighted by molar-refractivity contribution is 0.601. The molecule has 1 N–H and O–H groups in total. The van der Waals surface area contributed by atoms with Gasteiger partial charge in [0.05, 0.1) is 11.7 Å². The topological polar surface area (TPSA) is 80.5 Å². The third-order valence-electron chi connectivity index (χ3n) is 3.75. The lowest BCUT2D eigenvalue weighted by Gasteiger charge is -1.99. The van der Waals surface area contributed by atoms with Crippen molar-refractivity contribution < 1.29 is 4.42 Å². The Kier molecular flexibility index (Phi) is 4.47. The van der Waals surface area contributed by atoms with Crippen LogP contribution < -0.4 is 0 Å². The minimum atomic E-state index is 0.677. The number of aromatic nitrogens is 5. The van der Waals surface area contributed by atoms with Crippen LogP contribution in [0.1, 0.15) is 0 Å². The molecule has 0 fully saturated rings.